The van der Waals surface area contributed by atoms with Crippen molar-refractivity contribution in [3.05, 3.63) is 35.9 Å². The molecule has 5 unspecified atom stereocenters. The molecule has 1 aromatic rings. The van der Waals surface area contributed by atoms with Crippen molar-refractivity contribution >= 4 is 11.8 Å². The van der Waals surface area contributed by atoms with Crippen LogP contribution in [0.25, 0.3) is 0 Å². The average molecular weight is 341 g/mol. The third-order valence-electron chi connectivity index (χ3n) is 6.85. The fourth-order valence-electron chi connectivity index (χ4n) is 5.84. The molecule has 5 atom stereocenters. The summed E-state index contributed by atoms with van der Waals surface area (Å²) in [5.74, 6) is 1.65. The second-order valence-corrected chi connectivity index (χ2v) is 7.74. The van der Waals surface area contributed by atoms with Crippen LogP contribution >= 0.6 is 0 Å². The van der Waals surface area contributed by atoms with Gasteiger partial charge in [-0.15, -0.1) is 0 Å². The Labute approximate surface area is 148 Å². The summed E-state index contributed by atoms with van der Waals surface area (Å²) in [4.78, 5) is 26.2. The van der Waals surface area contributed by atoms with Crippen LogP contribution in [0.2, 0.25) is 0 Å². The summed E-state index contributed by atoms with van der Waals surface area (Å²) in [5, 5.41) is 2.63. The largest absolute Gasteiger partial charge is 0.346 e. The molecule has 0 aliphatic heterocycles. The van der Waals surface area contributed by atoms with Crippen molar-refractivity contribution in [3.8, 4) is 0 Å². The number of nitrogens with zero attached hydrogens (tertiary/aromatic N) is 1. The van der Waals surface area contributed by atoms with Crippen molar-refractivity contribution in [1.29, 1.82) is 0 Å². The quantitative estimate of drug-likeness (QED) is 0.823. The van der Waals surface area contributed by atoms with Gasteiger partial charge in [0.2, 0.25) is 11.8 Å². The lowest BCUT2D eigenvalue weighted by molar-refractivity contribution is -0.142. The first-order valence-corrected chi connectivity index (χ1v) is 9.44. The van der Waals surface area contributed by atoms with Gasteiger partial charge < -0.3 is 16.0 Å². The van der Waals surface area contributed by atoms with Crippen LogP contribution in [0.4, 0.5) is 0 Å². The molecule has 0 aromatic heterocycles. The first-order valence-electron chi connectivity index (χ1n) is 9.44. The Bertz CT molecular complexity index is 677. The lowest BCUT2D eigenvalue weighted by Crippen LogP contribution is -2.61. The Hall–Kier alpha value is -1.88. The number of carbonyl (C=O) groups excluding carboxylic acids is 2. The maximum Gasteiger partial charge on any atom is 0.242 e. The highest BCUT2D eigenvalue weighted by Gasteiger charge is 2.77. The molecule has 3 fully saturated rings. The van der Waals surface area contributed by atoms with E-state index in [1.807, 2.05) is 11.8 Å². The van der Waals surface area contributed by atoms with Crippen LogP contribution in [-0.2, 0) is 9.59 Å². The van der Waals surface area contributed by atoms with Crippen LogP contribution in [0, 0.1) is 17.3 Å². The summed E-state index contributed by atoms with van der Waals surface area (Å²) >= 11 is 0. The first kappa shape index (κ1) is 16.6. The molecule has 4 rings (SSSR count). The molecule has 3 aliphatic rings. The normalized spacial score (nSPS) is 34.5. The minimum absolute atomic E-state index is 0.00850. The minimum atomic E-state index is -0.280. The van der Waals surface area contributed by atoms with Gasteiger partial charge in [0.05, 0.1) is 13.1 Å². The van der Waals surface area contributed by atoms with E-state index in [-0.39, 0.29) is 30.9 Å². The van der Waals surface area contributed by atoms with E-state index in [0.29, 0.717) is 23.8 Å². The third-order valence-corrected chi connectivity index (χ3v) is 6.85. The molecule has 3 aliphatic carbocycles. The molecule has 0 bridgehead atoms. The van der Waals surface area contributed by atoms with Crippen molar-refractivity contribution in [2.75, 3.05) is 19.6 Å². The molecule has 0 saturated heterocycles. The van der Waals surface area contributed by atoms with Gasteiger partial charge >= 0.3 is 0 Å². The molecule has 5 heteroatoms. The Balaban J connectivity index is 1.56. The van der Waals surface area contributed by atoms with Crippen LogP contribution in [-0.4, -0.2) is 42.4 Å². The maximum absolute atomic E-state index is 12.8. The molecular formula is C20H27N3O2. The van der Waals surface area contributed by atoms with Gasteiger partial charge in [0, 0.05) is 18.5 Å². The molecule has 0 radical (unpaired) electrons. The van der Waals surface area contributed by atoms with Crippen LogP contribution in [0.1, 0.15) is 37.7 Å². The smallest absolute Gasteiger partial charge is 0.242 e. The highest BCUT2D eigenvalue weighted by molar-refractivity contribution is 5.85. The van der Waals surface area contributed by atoms with Crippen LogP contribution < -0.4 is 11.1 Å². The predicted octanol–water partition coefficient (Wildman–Crippen LogP) is 1.49. The minimum Gasteiger partial charge on any atom is -0.346 e. The lowest BCUT2D eigenvalue weighted by Gasteiger charge is -2.56. The van der Waals surface area contributed by atoms with E-state index in [9.17, 15) is 9.59 Å². The predicted molar refractivity (Wildman–Crippen MR) is 95.7 cm³/mol. The van der Waals surface area contributed by atoms with Crippen molar-refractivity contribution < 1.29 is 9.59 Å². The Morgan fingerprint density at radius 2 is 2.04 bits per heavy atom. The summed E-state index contributed by atoms with van der Waals surface area (Å²) in [6, 6.07) is 10.9. The molecule has 3 N–H and O–H groups in total. The summed E-state index contributed by atoms with van der Waals surface area (Å²) in [6.45, 7) is 2.69. The topological polar surface area (TPSA) is 75.4 Å². The number of carbonyl (C=O) groups is 2. The van der Waals surface area contributed by atoms with Gasteiger partial charge in [0.1, 0.15) is 0 Å². The first-order chi connectivity index (χ1) is 12.1. The Kier molecular flexibility index (Phi) is 4.07. The highest BCUT2D eigenvalue weighted by atomic mass is 16.2. The van der Waals surface area contributed by atoms with Gasteiger partial charge in [-0.1, -0.05) is 30.3 Å². The van der Waals surface area contributed by atoms with Gasteiger partial charge in [-0.2, -0.15) is 0 Å². The lowest BCUT2D eigenvalue weighted by atomic mass is 9.55. The van der Waals surface area contributed by atoms with Crippen molar-refractivity contribution in [3.63, 3.8) is 0 Å². The van der Waals surface area contributed by atoms with Crippen molar-refractivity contribution in [2.45, 2.75) is 38.1 Å². The van der Waals surface area contributed by atoms with Crippen molar-refractivity contribution in [2.24, 2.45) is 23.0 Å². The number of nitrogens with one attached hydrogen (secondary N) is 1. The summed E-state index contributed by atoms with van der Waals surface area (Å²) in [5.41, 5.74) is 7.13. The Morgan fingerprint density at radius 3 is 2.68 bits per heavy atom. The van der Waals surface area contributed by atoms with E-state index < -0.39 is 0 Å². The molecule has 0 heterocycles. The van der Waals surface area contributed by atoms with E-state index in [1.54, 1.807) is 0 Å². The van der Waals surface area contributed by atoms with E-state index in [1.165, 1.54) is 24.8 Å². The van der Waals surface area contributed by atoms with Crippen LogP contribution in [0.15, 0.2) is 30.3 Å². The Morgan fingerprint density at radius 1 is 1.28 bits per heavy atom. The molecular weight excluding hydrogens is 314 g/mol. The number of hydrogen-bond donors (Lipinski definition) is 2. The number of rotatable bonds is 6. The van der Waals surface area contributed by atoms with Gasteiger partial charge in [-0.25, -0.2) is 0 Å². The molecule has 2 amide bonds. The van der Waals surface area contributed by atoms with E-state index in [0.717, 1.165) is 5.92 Å². The maximum atomic E-state index is 12.8. The zero-order chi connectivity index (χ0) is 17.6. The standard InChI is InChI=1S/C20H27N3O2/c1-2-23(17(25)12-22-16(24)11-21)19-15-9-8-14-10-20(14,15)18(19)13-6-4-3-5-7-13/h3-7,14-15,18-19H,2,8-12,21H2,1H3,(H,22,24). The molecule has 5 nitrogen and oxygen atoms in total. The van der Waals surface area contributed by atoms with E-state index in [4.69, 9.17) is 5.73 Å². The summed E-state index contributed by atoms with van der Waals surface area (Å²) in [7, 11) is 0. The second kappa shape index (κ2) is 6.13. The zero-order valence-corrected chi connectivity index (χ0v) is 14.8. The van der Waals surface area contributed by atoms with Gasteiger partial charge in [0.15, 0.2) is 0 Å². The van der Waals surface area contributed by atoms with Gasteiger partial charge in [-0.3, -0.25) is 9.59 Å². The fourth-order valence-corrected chi connectivity index (χ4v) is 5.84. The summed E-state index contributed by atoms with van der Waals surface area (Å²) < 4.78 is 0. The molecule has 3 saturated carbocycles. The number of amides is 2. The molecule has 134 valence electrons. The number of hydrogen-bond acceptors (Lipinski definition) is 3. The number of benzene rings is 1. The van der Waals surface area contributed by atoms with Gasteiger partial charge in [0.25, 0.3) is 0 Å². The van der Waals surface area contributed by atoms with Gasteiger partial charge in [-0.05, 0) is 49.0 Å². The van der Waals surface area contributed by atoms with Crippen LogP contribution in [0.3, 0.4) is 0 Å². The van der Waals surface area contributed by atoms with Crippen molar-refractivity contribution in [1.82, 2.24) is 10.2 Å². The highest BCUT2D eigenvalue weighted by Crippen LogP contribution is 2.81. The third kappa shape index (κ3) is 2.40. The van der Waals surface area contributed by atoms with E-state index >= 15 is 0 Å². The molecule has 1 spiro atoms. The molecule has 25 heavy (non-hydrogen) atoms. The zero-order valence-electron chi connectivity index (χ0n) is 14.8. The second-order valence-electron chi connectivity index (χ2n) is 7.74. The van der Waals surface area contributed by atoms with Crippen LogP contribution in [0.5, 0.6) is 0 Å². The fraction of sp³-hybridized carbons (Fsp3) is 0.600. The number of likely N-dealkylation sites (N-methyl/N-ethyl adjacent to an activating group) is 1. The monoisotopic (exact) mass is 341 g/mol. The summed E-state index contributed by atoms with van der Waals surface area (Å²) in [6.07, 6.45) is 3.86. The average Bonchev–Trinajstić information content (AvgIpc) is 3.30. The van der Waals surface area contributed by atoms with E-state index in [2.05, 4.69) is 35.6 Å². The molecule has 1 aromatic carbocycles. The SMILES string of the molecule is CCN(C(=O)CNC(=O)CN)C1C2CCC3CC32C1c1ccccc1. The number of nitrogens with two attached hydrogens (primary N) is 1.